The van der Waals surface area contributed by atoms with Gasteiger partial charge in [-0.1, -0.05) is 0 Å². The molecule has 2 aromatic rings. The van der Waals surface area contributed by atoms with E-state index in [2.05, 4.69) is 14.9 Å². The fourth-order valence-corrected chi connectivity index (χ4v) is 4.36. The molecule has 0 bridgehead atoms. The zero-order valence-corrected chi connectivity index (χ0v) is 16.6. The lowest BCUT2D eigenvalue weighted by Crippen LogP contribution is -2.38. The average Bonchev–Trinajstić information content (AvgIpc) is 3.29. The average molecular weight is 386 g/mol. The highest BCUT2D eigenvalue weighted by Crippen LogP contribution is 2.43. The normalized spacial score (nSPS) is 21.9. The molecule has 1 amide bonds. The zero-order chi connectivity index (χ0) is 19.7. The van der Waals surface area contributed by atoms with Crippen LogP contribution in [-0.4, -0.2) is 74.9 Å². The smallest absolute Gasteiger partial charge is 0.230 e. The standard InChI is InChI=1S/C20H26N4O4/c1-26-9-8-23-6-4-20(19(23)25)5-7-24(12-20)18-14-10-16(27-2)17(28-3)11-15(14)21-13-22-18/h10-11,13H,4-9,12H2,1-3H3. The molecular formula is C20H26N4O4. The summed E-state index contributed by atoms with van der Waals surface area (Å²) < 4.78 is 16.0. The third kappa shape index (κ3) is 3.01. The largest absolute Gasteiger partial charge is 0.493 e. The Morgan fingerprint density at radius 1 is 1.07 bits per heavy atom. The van der Waals surface area contributed by atoms with E-state index in [0.717, 1.165) is 42.7 Å². The summed E-state index contributed by atoms with van der Waals surface area (Å²) in [5, 5.41) is 0.902. The maximum absolute atomic E-state index is 13.0. The molecular weight excluding hydrogens is 360 g/mol. The fraction of sp³-hybridized carbons (Fsp3) is 0.550. The third-order valence-electron chi connectivity index (χ3n) is 5.94. The Hall–Kier alpha value is -2.61. The van der Waals surface area contributed by atoms with Gasteiger partial charge in [-0.25, -0.2) is 9.97 Å². The van der Waals surface area contributed by atoms with Crippen LogP contribution in [0.2, 0.25) is 0 Å². The summed E-state index contributed by atoms with van der Waals surface area (Å²) in [7, 11) is 4.89. The Labute approximate surface area is 164 Å². The number of hydrogen-bond donors (Lipinski definition) is 0. The molecule has 1 atom stereocenters. The summed E-state index contributed by atoms with van der Waals surface area (Å²) >= 11 is 0. The highest BCUT2D eigenvalue weighted by molar-refractivity contribution is 5.93. The SMILES string of the molecule is COCCN1CCC2(CCN(c3ncnc4cc(OC)c(OC)cc34)C2)C1=O. The first-order valence-corrected chi connectivity index (χ1v) is 9.52. The predicted molar refractivity (Wildman–Crippen MR) is 105 cm³/mol. The number of carbonyl (C=O) groups is 1. The lowest BCUT2D eigenvalue weighted by Gasteiger charge is -2.24. The molecule has 2 fully saturated rings. The summed E-state index contributed by atoms with van der Waals surface area (Å²) in [5.41, 5.74) is 0.477. The van der Waals surface area contributed by atoms with Crippen molar-refractivity contribution >= 4 is 22.6 Å². The van der Waals surface area contributed by atoms with Crippen LogP contribution in [0.3, 0.4) is 0 Å². The molecule has 1 spiro atoms. The van der Waals surface area contributed by atoms with E-state index < -0.39 is 0 Å². The van der Waals surface area contributed by atoms with Crippen LogP contribution in [0.25, 0.3) is 10.9 Å². The molecule has 8 nitrogen and oxygen atoms in total. The van der Waals surface area contributed by atoms with Gasteiger partial charge in [0.15, 0.2) is 11.5 Å². The van der Waals surface area contributed by atoms with Gasteiger partial charge in [0.05, 0.1) is 31.8 Å². The van der Waals surface area contributed by atoms with Crippen molar-refractivity contribution in [2.24, 2.45) is 5.41 Å². The second-order valence-corrected chi connectivity index (χ2v) is 7.41. The highest BCUT2D eigenvalue weighted by Gasteiger charge is 2.50. The Morgan fingerprint density at radius 3 is 2.57 bits per heavy atom. The summed E-state index contributed by atoms with van der Waals surface area (Å²) in [6, 6.07) is 3.77. The van der Waals surface area contributed by atoms with E-state index in [1.807, 2.05) is 17.0 Å². The van der Waals surface area contributed by atoms with Crippen molar-refractivity contribution in [2.45, 2.75) is 12.8 Å². The van der Waals surface area contributed by atoms with E-state index in [4.69, 9.17) is 14.2 Å². The van der Waals surface area contributed by atoms with Gasteiger partial charge in [0.1, 0.15) is 12.1 Å². The lowest BCUT2D eigenvalue weighted by atomic mass is 9.85. The van der Waals surface area contributed by atoms with Crippen molar-refractivity contribution in [1.82, 2.24) is 14.9 Å². The fourth-order valence-electron chi connectivity index (χ4n) is 4.36. The lowest BCUT2D eigenvalue weighted by molar-refractivity contribution is -0.135. The number of hydrogen-bond acceptors (Lipinski definition) is 7. The number of nitrogens with zero attached hydrogens (tertiary/aromatic N) is 4. The van der Waals surface area contributed by atoms with Crippen LogP contribution in [0.1, 0.15) is 12.8 Å². The summed E-state index contributed by atoms with van der Waals surface area (Å²) in [6.07, 6.45) is 3.29. The van der Waals surface area contributed by atoms with Gasteiger partial charge in [-0.15, -0.1) is 0 Å². The summed E-state index contributed by atoms with van der Waals surface area (Å²) in [6.45, 7) is 3.50. The van der Waals surface area contributed by atoms with Crippen LogP contribution >= 0.6 is 0 Å². The van der Waals surface area contributed by atoms with Gasteiger partial charge in [-0.2, -0.15) is 0 Å². The molecule has 0 saturated carbocycles. The first-order valence-electron chi connectivity index (χ1n) is 9.52. The van der Waals surface area contributed by atoms with Crippen LogP contribution in [0.5, 0.6) is 11.5 Å². The maximum atomic E-state index is 13.0. The van der Waals surface area contributed by atoms with Crippen LogP contribution in [0.4, 0.5) is 5.82 Å². The first-order chi connectivity index (χ1) is 13.6. The number of methoxy groups -OCH3 is 3. The minimum Gasteiger partial charge on any atom is -0.493 e. The van der Waals surface area contributed by atoms with E-state index in [-0.39, 0.29) is 11.3 Å². The van der Waals surface area contributed by atoms with Crippen molar-refractivity contribution in [3.05, 3.63) is 18.5 Å². The number of ether oxygens (including phenoxy) is 3. The van der Waals surface area contributed by atoms with E-state index in [9.17, 15) is 4.79 Å². The molecule has 2 aliphatic heterocycles. The quantitative estimate of drug-likeness (QED) is 0.748. The molecule has 0 N–H and O–H groups in total. The molecule has 8 heteroatoms. The van der Waals surface area contributed by atoms with Crippen molar-refractivity contribution in [2.75, 3.05) is 59.0 Å². The Bertz CT molecular complexity index is 890. The highest BCUT2D eigenvalue weighted by atomic mass is 16.5. The van der Waals surface area contributed by atoms with Crippen LogP contribution < -0.4 is 14.4 Å². The van der Waals surface area contributed by atoms with Crippen molar-refractivity contribution in [3.8, 4) is 11.5 Å². The summed E-state index contributed by atoms with van der Waals surface area (Å²) in [5.74, 6) is 2.36. The Balaban J connectivity index is 1.63. The molecule has 4 rings (SSSR count). The number of fused-ring (bicyclic) bond motifs is 1. The molecule has 28 heavy (non-hydrogen) atoms. The minimum absolute atomic E-state index is 0.240. The molecule has 150 valence electrons. The number of aromatic nitrogens is 2. The van der Waals surface area contributed by atoms with Gasteiger partial charge in [-0.3, -0.25) is 4.79 Å². The second kappa shape index (κ2) is 7.43. The van der Waals surface area contributed by atoms with Gasteiger partial charge in [-0.05, 0) is 18.9 Å². The van der Waals surface area contributed by atoms with Crippen LogP contribution in [0.15, 0.2) is 18.5 Å². The molecule has 1 aromatic carbocycles. The predicted octanol–water partition coefficient (Wildman–Crippen LogP) is 1.72. The van der Waals surface area contributed by atoms with E-state index >= 15 is 0 Å². The topological polar surface area (TPSA) is 77.0 Å². The van der Waals surface area contributed by atoms with E-state index in [0.29, 0.717) is 31.2 Å². The number of carbonyl (C=O) groups excluding carboxylic acids is 1. The third-order valence-corrected chi connectivity index (χ3v) is 5.94. The molecule has 3 heterocycles. The first kappa shape index (κ1) is 18.7. The number of rotatable bonds is 6. The Kier molecular flexibility index (Phi) is 4.97. The van der Waals surface area contributed by atoms with Crippen molar-refractivity contribution in [1.29, 1.82) is 0 Å². The molecule has 0 aliphatic carbocycles. The zero-order valence-electron chi connectivity index (χ0n) is 16.6. The molecule has 1 aromatic heterocycles. The minimum atomic E-state index is -0.318. The van der Waals surface area contributed by atoms with E-state index in [1.165, 1.54) is 0 Å². The number of likely N-dealkylation sites (tertiary alicyclic amines) is 1. The number of amides is 1. The van der Waals surface area contributed by atoms with Gasteiger partial charge in [0, 0.05) is 44.7 Å². The molecule has 2 saturated heterocycles. The molecule has 2 aliphatic rings. The number of anilines is 1. The van der Waals surface area contributed by atoms with Gasteiger partial charge < -0.3 is 24.0 Å². The van der Waals surface area contributed by atoms with Crippen LogP contribution in [-0.2, 0) is 9.53 Å². The summed E-state index contributed by atoms with van der Waals surface area (Å²) in [4.78, 5) is 26.1. The second-order valence-electron chi connectivity index (χ2n) is 7.41. The van der Waals surface area contributed by atoms with Crippen molar-refractivity contribution in [3.63, 3.8) is 0 Å². The van der Waals surface area contributed by atoms with Crippen molar-refractivity contribution < 1.29 is 19.0 Å². The molecule has 1 unspecified atom stereocenters. The maximum Gasteiger partial charge on any atom is 0.230 e. The number of benzene rings is 1. The van der Waals surface area contributed by atoms with Gasteiger partial charge >= 0.3 is 0 Å². The monoisotopic (exact) mass is 386 g/mol. The van der Waals surface area contributed by atoms with Gasteiger partial charge in [0.2, 0.25) is 5.91 Å². The van der Waals surface area contributed by atoms with Crippen LogP contribution in [0, 0.1) is 5.41 Å². The van der Waals surface area contributed by atoms with E-state index in [1.54, 1.807) is 27.7 Å². The Morgan fingerprint density at radius 2 is 1.82 bits per heavy atom. The molecule has 0 radical (unpaired) electrons. The van der Waals surface area contributed by atoms with Gasteiger partial charge in [0.25, 0.3) is 0 Å².